The van der Waals surface area contributed by atoms with Crippen LogP contribution in [0.4, 0.5) is 0 Å². The Morgan fingerprint density at radius 1 is 1.40 bits per heavy atom. The summed E-state index contributed by atoms with van der Waals surface area (Å²) in [5, 5.41) is 0. The van der Waals surface area contributed by atoms with E-state index in [1.54, 1.807) is 0 Å². The van der Waals surface area contributed by atoms with Gasteiger partial charge in [0.1, 0.15) is 5.78 Å². The van der Waals surface area contributed by atoms with E-state index in [0.717, 1.165) is 18.8 Å². The number of fused-ring (bicyclic) bond motifs is 2. The van der Waals surface area contributed by atoms with Gasteiger partial charge in [-0.3, -0.25) is 4.79 Å². The first-order chi connectivity index (χ1) is 4.77. The van der Waals surface area contributed by atoms with Crippen molar-refractivity contribution in [3.8, 4) is 0 Å². The highest BCUT2D eigenvalue weighted by Gasteiger charge is 2.34. The summed E-state index contributed by atoms with van der Waals surface area (Å²) in [4.78, 5) is 11.3. The zero-order valence-electron chi connectivity index (χ0n) is 6.21. The molecule has 0 aromatic rings. The smallest absolute Gasteiger partial charge is 0.142 e. The van der Waals surface area contributed by atoms with Crippen LogP contribution in [0.3, 0.4) is 0 Å². The lowest BCUT2D eigenvalue weighted by Crippen LogP contribution is -2.25. The highest BCUT2D eigenvalue weighted by molar-refractivity contribution is 5.86. The number of carbonyl (C=O) groups is 1. The van der Waals surface area contributed by atoms with Gasteiger partial charge in [-0.05, 0) is 18.8 Å². The number of hydrogen-bond acceptors (Lipinski definition) is 1. The summed E-state index contributed by atoms with van der Waals surface area (Å²) < 4.78 is 0. The summed E-state index contributed by atoms with van der Waals surface area (Å²) in [7, 11) is 0. The van der Waals surface area contributed by atoms with Gasteiger partial charge < -0.3 is 0 Å². The lowest BCUT2D eigenvalue weighted by molar-refractivity contribution is -0.127. The number of rotatable bonds is 0. The molecule has 0 heterocycles. The van der Waals surface area contributed by atoms with E-state index in [9.17, 15) is 4.79 Å². The molecule has 0 aromatic heterocycles. The monoisotopic (exact) mass is 136 g/mol. The van der Waals surface area contributed by atoms with Crippen LogP contribution in [0.1, 0.15) is 19.8 Å². The molecular formula is C9H12O. The van der Waals surface area contributed by atoms with Crippen molar-refractivity contribution in [2.24, 2.45) is 17.8 Å². The normalized spacial score (nSPS) is 44.5. The molecule has 3 atom stereocenters. The quantitative estimate of drug-likeness (QED) is 0.464. The largest absolute Gasteiger partial charge is 0.299 e. The minimum absolute atomic E-state index is 0.286. The minimum atomic E-state index is 0.286. The van der Waals surface area contributed by atoms with Crippen LogP contribution in [0, 0.1) is 17.8 Å². The first kappa shape index (κ1) is 6.14. The Balaban J connectivity index is 2.24. The number of allylic oxidation sites excluding steroid dienone is 2. The Labute approximate surface area is 61.1 Å². The molecule has 54 valence electrons. The van der Waals surface area contributed by atoms with E-state index in [1.807, 2.05) is 0 Å². The molecule has 2 aliphatic rings. The lowest BCUT2D eigenvalue weighted by atomic mass is 9.80. The SMILES string of the molecule is C[C@@H]1C[C@@H]2C=C[C@@H](C2)C1=O. The first-order valence-electron chi connectivity index (χ1n) is 3.99. The fourth-order valence-electron chi connectivity index (χ4n) is 2.10. The van der Waals surface area contributed by atoms with Gasteiger partial charge in [0.25, 0.3) is 0 Å². The van der Waals surface area contributed by atoms with Crippen molar-refractivity contribution >= 4 is 5.78 Å². The average molecular weight is 136 g/mol. The van der Waals surface area contributed by atoms with Crippen LogP contribution >= 0.6 is 0 Å². The summed E-state index contributed by atoms with van der Waals surface area (Å²) >= 11 is 0. The van der Waals surface area contributed by atoms with Crippen LogP contribution in [-0.4, -0.2) is 5.78 Å². The van der Waals surface area contributed by atoms with Gasteiger partial charge in [-0.25, -0.2) is 0 Å². The predicted octanol–water partition coefficient (Wildman–Crippen LogP) is 1.79. The third-order valence-corrected chi connectivity index (χ3v) is 2.68. The number of Topliss-reactive ketones (excluding diaryl/α,β-unsaturated/α-hetero) is 1. The van der Waals surface area contributed by atoms with Crippen molar-refractivity contribution in [2.75, 3.05) is 0 Å². The standard InChI is InChI=1S/C9H12O/c1-6-4-7-2-3-8(5-7)9(6)10/h2-3,6-8H,4-5H2,1H3/t6-,7+,8+/m1/s1. The fraction of sp³-hybridized carbons (Fsp3) is 0.667. The molecule has 0 unspecified atom stereocenters. The molecular weight excluding hydrogens is 124 g/mol. The van der Waals surface area contributed by atoms with Crippen molar-refractivity contribution in [3.05, 3.63) is 12.2 Å². The van der Waals surface area contributed by atoms with Crippen molar-refractivity contribution < 1.29 is 4.79 Å². The minimum Gasteiger partial charge on any atom is -0.299 e. The molecule has 1 nitrogen and oxygen atoms in total. The molecule has 2 aliphatic carbocycles. The molecule has 0 aliphatic heterocycles. The maximum Gasteiger partial charge on any atom is 0.142 e. The molecule has 0 aromatic carbocycles. The molecule has 0 N–H and O–H groups in total. The molecule has 2 bridgehead atoms. The lowest BCUT2D eigenvalue weighted by Gasteiger charge is -2.23. The van der Waals surface area contributed by atoms with Crippen molar-refractivity contribution in [1.82, 2.24) is 0 Å². The van der Waals surface area contributed by atoms with Crippen LogP contribution < -0.4 is 0 Å². The van der Waals surface area contributed by atoms with Crippen molar-refractivity contribution in [2.45, 2.75) is 19.8 Å². The van der Waals surface area contributed by atoms with Gasteiger partial charge in [0.2, 0.25) is 0 Å². The van der Waals surface area contributed by atoms with Crippen LogP contribution in [-0.2, 0) is 4.79 Å². The van der Waals surface area contributed by atoms with E-state index in [0.29, 0.717) is 11.7 Å². The molecule has 0 amide bonds. The third kappa shape index (κ3) is 0.731. The van der Waals surface area contributed by atoms with Gasteiger partial charge in [0.15, 0.2) is 0 Å². The van der Waals surface area contributed by atoms with Crippen molar-refractivity contribution in [1.29, 1.82) is 0 Å². The first-order valence-corrected chi connectivity index (χ1v) is 3.99. The van der Waals surface area contributed by atoms with Gasteiger partial charge in [0, 0.05) is 11.8 Å². The van der Waals surface area contributed by atoms with Crippen LogP contribution in [0.15, 0.2) is 12.2 Å². The molecule has 1 saturated carbocycles. The molecule has 1 fully saturated rings. The van der Waals surface area contributed by atoms with E-state index in [4.69, 9.17) is 0 Å². The third-order valence-electron chi connectivity index (χ3n) is 2.68. The topological polar surface area (TPSA) is 17.1 Å². The summed E-state index contributed by atoms with van der Waals surface area (Å²) in [5.41, 5.74) is 0. The van der Waals surface area contributed by atoms with Crippen molar-refractivity contribution in [3.63, 3.8) is 0 Å². The van der Waals surface area contributed by atoms with Gasteiger partial charge in [-0.2, -0.15) is 0 Å². The Kier molecular flexibility index (Phi) is 1.19. The van der Waals surface area contributed by atoms with Gasteiger partial charge >= 0.3 is 0 Å². The maximum atomic E-state index is 11.3. The van der Waals surface area contributed by atoms with E-state index in [2.05, 4.69) is 19.1 Å². The van der Waals surface area contributed by atoms with Crippen LogP contribution in [0.5, 0.6) is 0 Å². The molecule has 1 heteroatoms. The molecule has 0 spiro atoms. The Morgan fingerprint density at radius 2 is 2.20 bits per heavy atom. The number of ketones is 1. The molecule has 0 saturated heterocycles. The number of carbonyl (C=O) groups excluding carboxylic acids is 1. The summed E-state index contributed by atoms with van der Waals surface area (Å²) in [5.74, 6) is 1.79. The van der Waals surface area contributed by atoms with Gasteiger partial charge in [0.05, 0.1) is 0 Å². The Hall–Kier alpha value is -0.590. The molecule has 0 radical (unpaired) electrons. The van der Waals surface area contributed by atoms with E-state index in [1.165, 1.54) is 0 Å². The zero-order chi connectivity index (χ0) is 7.14. The predicted molar refractivity (Wildman–Crippen MR) is 39.5 cm³/mol. The van der Waals surface area contributed by atoms with Crippen LogP contribution in [0.2, 0.25) is 0 Å². The van der Waals surface area contributed by atoms with Gasteiger partial charge in [-0.1, -0.05) is 19.1 Å². The average Bonchev–Trinajstić information content (AvgIpc) is 2.29. The van der Waals surface area contributed by atoms with Crippen LogP contribution in [0.25, 0.3) is 0 Å². The number of hydrogen-bond donors (Lipinski definition) is 0. The second-order valence-corrected chi connectivity index (χ2v) is 3.53. The van der Waals surface area contributed by atoms with E-state index >= 15 is 0 Å². The fourth-order valence-corrected chi connectivity index (χ4v) is 2.10. The highest BCUT2D eigenvalue weighted by Crippen LogP contribution is 2.36. The van der Waals surface area contributed by atoms with E-state index < -0.39 is 0 Å². The Bertz CT molecular complexity index is 193. The second kappa shape index (κ2) is 1.94. The molecule has 10 heavy (non-hydrogen) atoms. The molecule has 2 rings (SSSR count). The maximum absolute atomic E-state index is 11.3. The zero-order valence-corrected chi connectivity index (χ0v) is 6.21. The van der Waals surface area contributed by atoms with E-state index in [-0.39, 0.29) is 5.92 Å². The van der Waals surface area contributed by atoms with Gasteiger partial charge in [-0.15, -0.1) is 0 Å². The Morgan fingerprint density at radius 3 is 3.00 bits per heavy atom. The summed E-state index contributed by atoms with van der Waals surface area (Å²) in [6, 6.07) is 0. The second-order valence-electron chi connectivity index (χ2n) is 3.53. The summed E-state index contributed by atoms with van der Waals surface area (Å²) in [6.07, 6.45) is 6.50. The highest BCUT2D eigenvalue weighted by atomic mass is 16.1. The summed E-state index contributed by atoms with van der Waals surface area (Å²) in [6.45, 7) is 2.05.